The fourth-order valence-electron chi connectivity index (χ4n) is 1.75. The first-order valence-electron chi connectivity index (χ1n) is 5.17. The van der Waals surface area contributed by atoms with Crippen LogP contribution in [0.3, 0.4) is 0 Å². The van der Waals surface area contributed by atoms with E-state index in [4.69, 9.17) is 22.1 Å². The fraction of sp³-hybridized carbons (Fsp3) is 0.500. The van der Waals surface area contributed by atoms with E-state index in [1.807, 2.05) is 19.9 Å². The van der Waals surface area contributed by atoms with Gasteiger partial charge in [-0.25, -0.2) is 0 Å². The van der Waals surface area contributed by atoms with Crippen molar-refractivity contribution in [2.75, 3.05) is 7.11 Å². The number of benzene rings is 1. The Kier molecular flexibility index (Phi) is 4.19. The van der Waals surface area contributed by atoms with E-state index in [1.165, 1.54) is 0 Å². The molecule has 2 atom stereocenters. The van der Waals surface area contributed by atoms with Gasteiger partial charge in [0.05, 0.1) is 18.2 Å². The number of aryl methyl sites for hydroxylation is 1. The first-order valence-corrected chi connectivity index (χ1v) is 5.55. The summed E-state index contributed by atoms with van der Waals surface area (Å²) < 4.78 is 5.28. The Balaban J connectivity index is 3.38. The van der Waals surface area contributed by atoms with E-state index in [2.05, 4.69) is 0 Å². The van der Waals surface area contributed by atoms with E-state index in [9.17, 15) is 5.11 Å². The molecule has 90 valence electrons. The Morgan fingerprint density at radius 1 is 1.44 bits per heavy atom. The maximum absolute atomic E-state index is 10.0. The highest BCUT2D eigenvalue weighted by Gasteiger charge is 2.21. The molecule has 0 bridgehead atoms. The molecule has 0 aromatic heterocycles. The minimum atomic E-state index is -0.746. The van der Waals surface area contributed by atoms with Crippen molar-refractivity contribution in [3.63, 3.8) is 0 Å². The maximum atomic E-state index is 10.0. The van der Waals surface area contributed by atoms with Crippen LogP contribution in [0.4, 0.5) is 0 Å². The maximum Gasteiger partial charge on any atom is 0.129 e. The number of aliphatic hydroxyl groups excluding tert-OH is 1. The summed E-state index contributed by atoms with van der Waals surface area (Å²) in [5.41, 5.74) is 8.13. The Morgan fingerprint density at radius 2 is 2.00 bits per heavy atom. The number of rotatable bonds is 3. The zero-order chi connectivity index (χ0) is 12.5. The second-order valence-corrected chi connectivity index (χ2v) is 4.44. The van der Waals surface area contributed by atoms with E-state index >= 15 is 0 Å². The van der Waals surface area contributed by atoms with Gasteiger partial charge in [0.25, 0.3) is 0 Å². The van der Waals surface area contributed by atoms with Crippen molar-refractivity contribution in [3.8, 4) is 5.75 Å². The minimum absolute atomic E-state index is 0.353. The molecule has 2 unspecified atom stereocenters. The highest BCUT2D eigenvalue weighted by Crippen LogP contribution is 2.36. The molecular formula is C12H18ClNO2. The molecule has 16 heavy (non-hydrogen) atoms. The molecule has 0 fully saturated rings. The van der Waals surface area contributed by atoms with Crippen LogP contribution in [0.1, 0.15) is 29.7 Å². The van der Waals surface area contributed by atoms with Crippen LogP contribution in [0.15, 0.2) is 6.07 Å². The van der Waals surface area contributed by atoms with E-state index in [0.29, 0.717) is 16.3 Å². The lowest BCUT2D eigenvalue weighted by atomic mass is 9.98. The van der Waals surface area contributed by atoms with Crippen LogP contribution in [0.25, 0.3) is 0 Å². The van der Waals surface area contributed by atoms with Crippen molar-refractivity contribution < 1.29 is 9.84 Å². The molecule has 0 amide bonds. The van der Waals surface area contributed by atoms with Crippen LogP contribution in [-0.4, -0.2) is 18.3 Å². The number of methoxy groups -OCH3 is 1. The van der Waals surface area contributed by atoms with Crippen LogP contribution in [-0.2, 0) is 0 Å². The molecule has 0 radical (unpaired) electrons. The normalized spacial score (nSPS) is 14.7. The van der Waals surface area contributed by atoms with Crippen molar-refractivity contribution in [2.24, 2.45) is 5.73 Å². The molecule has 0 spiro atoms. The summed E-state index contributed by atoms with van der Waals surface area (Å²) in [5.74, 6) is 0.611. The molecule has 1 rings (SSSR count). The van der Waals surface area contributed by atoms with Gasteiger partial charge < -0.3 is 15.6 Å². The standard InChI is InChI=1S/C12H18ClNO2/c1-6-5-9(11(15)8(3)14)12(16-4)7(2)10(6)13/h5,8,11,15H,14H2,1-4H3. The molecule has 0 aliphatic rings. The van der Waals surface area contributed by atoms with E-state index < -0.39 is 6.10 Å². The highest BCUT2D eigenvalue weighted by molar-refractivity contribution is 6.32. The van der Waals surface area contributed by atoms with Gasteiger partial charge in [-0.1, -0.05) is 11.6 Å². The van der Waals surface area contributed by atoms with Crippen LogP contribution in [0.2, 0.25) is 5.02 Å². The molecule has 0 aliphatic carbocycles. The molecular weight excluding hydrogens is 226 g/mol. The lowest BCUT2D eigenvalue weighted by Crippen LogP contribution is -2.25. The summed E-state index contributed by atoms with van der Waals surface area (Å²) in [4.78, 5) is 0. The third-order valence-electron chi connectivity index (χ3n) is 2.67. The molecule has 4 heteroatoms. The SMILES string of the molecule is COc1c(C(O)C(C)N)cc(C)c(Cl)c1C. The van der Waals surface area contributed by atoms with E-state index in [0.717, 1.165) is 11.1 Å². The average Bonchev–Trinajstić information content (AvgIpc) is 2.24. The van der Waals surface area contributed by atoms with Gasteiger partial charge in [0.1, 0.15) is 5.75 Å². The predicted molar refractivity (Wildman–Crippen MR) is 66.1 cm³/mol. The molecule has 0 saturated heterocycles. The predicted octanol–water partition coefficient (Wildman–Crippen LogP) is 2.35. The van der Waals surface area contributed by atoms with Crippen molar-refractivity contribution in [1.29, 1.82) is 0 Å². The van der Waals surface area contributed by atoms with Gasteiger partial charge in [0, 0.05) is 17.2 Å². The summed E-state index contributed by atoms with van der Waals surface area (Å²) in [7, 11) is 1.56. The van der Waals surface area contributed by atoms with E-state index in [-0.39, 0.29) is 6.04 Å². The topological polar surface area (TPSA) is 55.5 Å². The molecule has 0 aliphatic heterocycles. The van der Waals surface area contributed by atoms with Crippen molar-refractivity contribution in [2.45, 2.75) is 32.9 Å². The largest absolute Gasteiger partial charge is 0.496 e. The summed E-state index contributed by atoms with van der Waals surface area (Å²) in [5, 5.41) is 10.7. The highest BCUT2D eigenvalue weighted by atomic mass is 35.5. The first kappa shape index (κ1) is 13.3. The molecule has 3 N–H and O–H groups in total. The molecule has 0 heterocycles. The zero-order valence-corrected chi connectivity index (χ0v) is 10.8. The molecule has 1 aromatic rings. The van der Waals surface area contributed by atoms with Gasteiger partial charge in [0.2, 0.25) is 0 Å². The summed E-state index contributed by atoms with van der Waals surface area (Å²) in [6.07, 6.45) is -0.746. The van der Waals surface area contributed by atoms with Crippen molar-refractivity contribution in [3.05, 3.63) is 27.8 Å². The third-order valence-corrected chi connectivity index (χ3v) is 3.25. The first-order chi connectivity index (χ1) is 7.40. The van der Waals surface area contributed by atoms with Gasteiger partial charge >= 0.3 is 0 Å². The van der Waals surface area contributed by atoms with Gasteiger partial charge in [-0.15, -0.1) is 0 Å². The van der Waals surface area contributed by atoms with Crippen LogP contribution >= 0.6 is 11.6 Å². The number of hydrogen-bond acceptors (Lipinski definition) is 3. The lowest BCUT2D eigenvalue weighted by Gasteiger charge is -2.21. The van der Waals surface area contributed by atoms with Gasteiger partial charge in [0.15, 0.2) is 0 Å². The summed E-state index contributed by atoms with van der Waals surface area (Å²) in [6.45, 7) is 5.52. The number of halogens is 1. The van der Waals surface area contributed by atoms with Crippen LogP contribution in [0.5, 0.6) is 5.75 Å². The molecule has 0 saturated carbocycles. The lowest BCUT2D eigenvalue weighted by molar-refractivity contribution is 0.149. The Labute approximate surface area is 101 Å². The number of ether oxygens (including phenoxy) is 1. The smallest absolute Gasteiger partial charge is 0.129 e. The number of nitrogens with two attached hydrogens (primary N) is 1. The van der Waals surface area contributed by atoms with Gasteiger partial charge in [-0.05, 0) is 32.4 Å². The second-order valence-electron chi connectivity index (χ2n) is 4.06. The number of aliphatic hydroxyl groups is 1. The van der Waals surface area contributed by atoms with Crippen LogP contribution < -0.4 is 10.5 Å². The average molecular weight is 244 g/mol. The van der Waals surface area contributed by atoms with Crippen LogP contribution in [0, 0.1) is 13.8 Å². The fourth-order valence-corrected chi connectivity index (χ4v) is 1.89. The monoisotopic (exact) mass is 243 g/mol. The van der Waals surface area contributed by atoms with Crippen molar-refractivity contribution in [1.82, 2.24) is 0 Å². The van der Waals surface area contributed by atoms with Crippen molar-refractivity contribution >= 4 is 11.6 Å². The third kappa shape index (κ3) is 2.32. The van der Waals surface area contributed by atoms with Gasteiger partial charge in [-0.3, -0.25) is 0 Å². The summed E-state index contributed by atoms with van der Waals surface area (Å²) in [6, 6.07) is 1.47. The minimum Gasteiger partial charge on any atom is -0.496 e. The van der Waals surface area contributed by atoms with E-state index in [1.54, 1.807) is 14.0 Å². The zero-order valence-electron chi connectivity index (χ0n) is 10.0. The quantitative estimate of drug-likeness (QED) is 0.857. The Bertz CT molecular complexity index is 391. The molecule has 3 nitrogen and oxygen atoms in total. The Hall–Kier alpha value is -0.770. The second kappa shape index (κ2) is 5.04. The molecule has 1 aromatic carbocycles. The Morgan fingerprint density at radius 3 is 2.44 bits per heavy atom. The van der Waals surface area contributed by atoms with Gasteiger partial charge in [-0.2, -0.15) is 0 Å². The summed E-state index contributed by atoms with van der Waals surface area (Å²) >= 11 is 6.12. The number of hydrogen-bond donors (Lipinski definition) is 2.